The lowest BCUT2D eigenvalue weighted by Crippen LogP contribution is -1.95. The van der Waals surface area contributed by atoms with Gasteiger partial charge in [0.25, 0.3) is 0 Å². The quantitative estimate of drug-likeness (QED) is 0.620. The molecular weight excluding hydrogens is 258 g/mol. The topological polar surface area (TPSA) is 39.2 Å². The zero-order chi connectivity index (χ0) is 14.4. The Balaban J connectivity index is 2.08. The highest BCUT2D eigenvalue weighted by Crippen LogP contribution is 2.42. The van der Waals surface area contributed by atoms with E-state index >= 15 is 0 Å². The molecule has 2 nitrogen and oxygen atoms in total. The highest BCUT2D eigenvalue weighted by atomic mass is 16.3. The van der Waals surface area contributed by atoms with E-state index in [0.717, 1.165) is 40.0 Å². The molecule has 1 aliphatic rings. The van der Waals surface area contributed by atoms with E-state index < -0.39 is 0 Å². The second-order valence-corrected chi connectivity index (χ2v) is 5.69. The van der Waals surface area contributed by atoms with Crippen molar-refractivity contribution in [1.29, 1.82) is 0 Å². The summed E-state index contributed by atoms with van der Waals surface area (Å²) in [6.07, 6.45) is 5.43. The number of furan rings is 1. The van der Waals surface area contributed by atoms with Gasteiger partial charge in [-0.05, 0) is 24.1 Å². The second kappa shape index (κ2) is 4.52. The lowest BCUT2D eigenvalue weighted by Gasteiger charge is -2.10. The van der Waals surface area contributed by atoms with Crippen molar-refractivity contribution in [3.63, 3.8) is 0 Å². The molecule has 104 valence electrons. The molecule has 1 atom stereocenters. The summed E-state index contributed by atoms with van der Waals surface area (Å²) in [7, 11) is 0. The maximum atomic E-state index is 6.24. The van der Waals surface area contributed by atoms with Gasteiger partial charge in [-0.3, -0.25) is 0 Å². The van der Waals surface area contributed by atoms with Crippen LogP contribution in [0.2, 0.25) is 0 Å². The zero-order valence-corrected chi connectivity index (χ0v) is 12.0. The van der Waals surface area contributed by atoms with Crippen LogP contribution >= 0.6 is 0 Å². The van der Waals surface area contributed by atoms with E-state index in [-0.39, 0.29) is 0 Å². The Morgan fingerprint density at radius 3 is 2.71 bits per heavy atom. The van der Waals surface area contributed by atoms with E-state index in [0.29, 0.717) is 5.92 Å². The van der Waals surface area contributed by atoms with Crippen molar-refractivity contribution in [2.75, 3.05) is 5.73 Å². The molecule has 1 unspecified atom stereocenters. The first kappa shape index (κ1) is 12.3. The van der Waals surface area contributed by atoms with Crippen LogP contribution in [-0.2, 0) is 0 Å². The Kier molecular flexibility index (Phi) is 2.64. The fourth-order valence-electron chi connectivity index (χ4n) is 3.15. The SMILES string of the molecule is CC1CC=Cc2c1oc1c(-c3ccccc3)c(N)ccc21. The zero-order valence-electron chi connectivity index (χ0n) is 12.0. The summed E-state index contributed by atoms with van der Waals surface area (Å²) in [4.78, 5) is 0. The molecule has 0 radical (unpaired) electrons. The number of hydrogen-bond donors (Lipinski definition) is 1. The summed E-state index contributed by atoms with van der Waals surface area (Å²) in [6, 6.07) is 14.3. The van der Waals surface area contributed by atoms with Gasteiger partial charge in [-0.2, -0.15) is 0 Å². The molecule has 2 heteroatoms. The molecule has 0 fully saturated rings. The summed E-state index contributed by atoms with van der Waals surface area (Å²) in [6.45, 7) is 2.20. The lowest BCUT2D eigenvalue weighted by molar-refractivity contribution is 0.504. The number of anilines is 1. The highest BCUT2D eigenvalue weighted by Gasteiger charge is 2.22. The molecule has 0 saturated carbocycles. The predicted octanol–water partition coefficient (Wildman–Crippen LogP) is 5.20. The summed E-state index contributed by atoms with van der Waals surface area (Å²) in [5.41, 5.74) is 11.2. The highest BCUT2D eigenvalue weighted by molar-refractivity contribution is 6.03. The number of fused-ring (bicyclic) bond motifs is 3. The molecule has 2 N–H and O–H groups in total. The van der Waals surface area contributed by atoms with Crippen molar-refractivity contribution in [3.8, 4) is 11.1 Å². The van der Waals surface area contributed by atoms with Crippen LogP contribution in [0.5, 0.6) is 0 Å². The predicted molar refractivity (Wildman–Crippen MR) is 88.1 cm³/mol. The van der Waals surface area contributed by atoms with Crippen LogP contribution in [0.15, 0.2) is 53.0 Å². The molecule has 0 saturated heterocycles. The first-order valence-corrected chi connectivity index (χ1v) is 7.32. The van der Waals surface area contributed by atoms with Gasteiger partial charge in [0.2, 0.25) is 0 Å². The third-order valence-electron chi connectivity index (χ3n) is 4.24. The van der Waals surface area contributed by atoms with E-state index in [1.165, 1.54) is 5.56 Å². The Hall–Kier alpha value is -2.48. The summed E-state index contributed by atoms with van der Waals surface area (Å²) in [5.74, 6) is 1.50. The van der Waals surface area contributed by atoms with Crippen molar-refractivity contribution in [2.45, 2.75) is 19.3 Å². The van der Waals surface area contributed by atoms with Crippen LogP contribution in [0.3, 0.4) is 0 Å². The molecule has 2 aromatic carbocycles. The standard InChI is InChI=1S/C19H17NO/c1-12-6-5-9-14-15-10-11-16(20)17(19(15)21-18(12)14)13-7-3-2-4-8-13/h2-5,7-12H,6,20H2,1H3. The van der Waals surface area contributed by atoms with Gasteiger partial charge in [0.1, 0.15) is 11.3 Å². The Bertz CT molecular complexity index is 843. The number of rotatable bonds is 1. The van der Waals surface area contributed by atoms with Crippen LogP contribution in [0.25, 0.3) is 28.2 Å². The van der Waals surface area contributed by atoms with E-state index in [2.05, 4.69) is 37.3 Å². The fourth-order valence-corrected chi connectivity index (χ4v) is 3.15. The molecule has 0 spiro atoms. The smallest absolute Gasteiger partial charge is 0.144 e. The van der Waals surface area contributed by atoms with E-state index in [4.69, 9.17) is 10.2 Å². The Labute approximate surface area is 123 Å². The molecule has 4 rings (SSSR count). The minimum atomic E-state index is 0.419. The Morgan fingerprint density at radius 2 is 1.90 bits per heavy atom. The molecular formula is C19H17NO. The van der Waals surface area contributed by atoms with Crippen LogP contribution < -0.4 is 5.73 Å². The van der Waals surface area contributed by atoms with Gasteiger partial charge in [-0.25, -0.2) is 0 Å². The first-order chi connectivity index (χ1) is 10.3. The van der Waals surface area contributed by atoms with Gasteiger partial charge in [0.05, 0.1) is 0 Å². The van der Waals surface area contributed by atoms with Gasteiger partial charge < -0.3 is 10.2 Å². The summed E-state index contributed by atoms with van der Waals surface area (Å²) < 4.78 is 6.24. The van der Waals surface area contributed by atoms with Gasteiger partial charge in [0, 0.05) is 28.1 Å². The number of benzene rings is 2. The number of nitrogens with two attached hydrogens (primary N) is 1. The third kappa shape index (κ3) is 1.79. The van der Waals surface area contributed by atoms with Gasteiger partial charge in [-0.1, -0.05) is 49.4 Å². The van der Waals surface area contributed by atoms with Crippen molar-refractivity contribution in [2.24, 2.45) is 0 Å². The molecule has 3 aromatic rings. The summed E-state index contributed by atoms with van der Waals surface area (Å²) >= 11 is 0. The molecule has 21 heavy (non-hydrogen) atoms. The maximum absolute atomic E-state index is 6.24. The van der Waals surface area contributed by atoms with Crippen molar-refractivity contribution in [3.05, 3.63) is 59.9 Å². The van der Waals surface area contributed by atoms with Gasteiger partial charge in [0.15, 0.2) is 0 Å². The van der Waals surface area contributed by atoms with E-state index in [9.17, 15) is 0 Å². The maximum Gasteiger partial charge on any atom is 0.144 e. The van der Waals surface area contributed by atoms with Crippen molar-refractivity contribution < 1.29 is 4.42 Å². The van der Waals surface area contributed by atoms with Gasteiger partial charge >= 0.3 is 0 Å². The van der Waals surface area contributed by atoms with Crippen molar-refractivity contribution in [1.82, 2.24) is 0 Å². The number of nitrogen functional groups attached to an aromatic ring is 1. The first-order valence-electron chi connectivity index (χ1n) is 7.32. The minimum absolute atomic E-state index is 0.419. The Morgan fingerprint density at radius 1 is 1.10 bits per heavy atom. The monoisotopic (exact) mass is 275 g/mol. The number of allylic oxidation sites excluding steroid dienone is 1. The van der Waals surface area contributed by atoms with Crippen LogP contribution in [0.1, 0.15) is 30.6 Å². The largest absolute Gasteiger partial charge is 0.459 e. The van der Waals surface area contributed by atoms with Crippen LogP contribution in [0, 0.1) is 0 Å². The fraction of sp³-hybridized carbons (Fsp3) is 0.158. The summed E-state index contributed by atoms with van der Waals surface area (Å²) in [5, 5.41) is 1.15. The third-order valence-corrected chi connectivity index (χ3v) is 4.24. The van der Waals surface area contributed by atoms with Crippen LogP contribution in [0.4, 0.5) is 5.69 Å². The van der Waals surface area contributed by atoms with E-state index in [1.807, 2.05) is 24.3 Å². The second-order valence-electron chi connectivity index (χ2n) is 5.69. The molecule has 0 amide bonds. The molecule has 0 bridgehead atoms. The lowest BCUT2D eigenvalue weighted by atomic mass is 9.93. The normalized spacial score (nSPS) is 17.1. The molecule has 0 aliphatic heterocycles. The molecule has 1 heterocycles. The minimum Gasteiger partial charge on any atom is -0.459 e. The van der Waals surface area contributed by atoms with Crippen molar-refractivity contribution >= 4 is 22.7 Å². The molecule has 1 aliphatic carbocycles. The average molecular weight is 275 g/mol. The average Bonchev–Trinajstić information content (AvgIpc) is 2.88. The van der Waals surface area contributed by atoms with Crippen LogP contribution in [-0.4, -0.2) is 0 Å². The number of hydrogen-bond acceptors (Lipinski definition) is 2. The molecule has 1 aromatic heterocycles. The van der Waals surface area contributed by atoms with E-state index in [1.54, 1.807) is 0 Å². The van der Waals surface area contributed by atoms with Gasteiger partial charge in [-0.15, -0.1) is 0 Å².